The van der Waals surface area contributed by atoms with Crippen LogP contribution in [0.25, 0.3) is 0 Å². The second-order valence-corrected chi connectivity index (χ2v) is 5.44. The van der Waals surface area contributed by atoms with Crippen LogP contribution in [0.5, 0.6) is 0 Å². The highest BCUT2D eigenvalue weighted by atomic mass is 32.2. The number of nitrogens with one attached hydrogen (secondary N) is 1. The van der Waals surface area contributed by atoms with Gasteiger partial charge < -0.3 is 10.1 Å². The average Bonchev–Trinajstić information content (AvgIpc) is 2.20. The first-order chi connectivity index (χ1) is 7.16. The quantitative estimate of drug-likeness (QED) is 0.584. The highest BCUT2D eigenvalue weighted by molar-refractivity contribution is 7.84. The minimum absolute atomic E-state index is 0.434. The van der Waals surface area contributed by atoms with Gasteiger partial charge in [-0.25, -0.2) is 0 Å². The SMILES string of the molecule is CCCCOCCNC(C)CCS(C)=O. The van der Waals surface area contributed by atoms with Crippen LogP contribution in [0, 0.1) is 0 Å². The van der Waals surface area contributed by atoms with Gasteiger partial charge >= 0.3 is 0 Å². The molecular formula is C11H25NO2S. The van der Waals surface area contributed by atoms with Crippen LogP contribution in [0.2, 0.25) is 0 Å². The molecule has 1 N–H and O–H groups in total. The topological polar surface area (TPSA) is 38.3 Å². The maximum atomic E-state index is 10.9. The zero-order chi connectivity index (χ0) is 11.5. The molecule has 0 saturated carbocycles. The van der Waals surface area contributed by atoms with Gasteiger partial charge in [-0.1, -0.05) is 13.3 Å². The van der Waals surface area contributed by atoms with Crippen LogP contribution in [0.3, 0.4) is 0 Å². The van der Waals surface area contributed by atoms with E-state index in [4.69, 9.17) is 4.74 Å². The lowest BCUT2D eigenvalue weighted by molar-refractivity contribution is 0.131. The third-order valence-corrected chi connectivity index (χ3v) is 3.03. The van der Waals surface area contributed by atoms with Crippen molar-refractivity contribution in [1.29, 1.82) is 0 Å². The molecule has 0 saturated heterocycles. The Bertz CT molecular complexity index is 165. The van der Waals surface area contributed by atoms with E-state index in [1.54, 1.807) is 6.26 Å². The fourth-order valence-corrected chi connectivity index (χ4v) is 1.86. The zero-order valence-electron chi connectivity index (χ0n) is 10.3. The molecule has 0 spiro atoms. The van der Waals surface area contributed by atoms with Crippen molar-refractivity contribution in [2.24, 2.45) is 0 Å². The molecule has 2 unspecified atom stereocenters. The lowest BCUT2D eigenvalue weighted by Gasteiger charge is -2.12. The Morgan fingerprint density at radius 3 is 2.73 bits per heavy atom. The molecule has 0 radical (unpaired) electrons. The van der Waals surface area contributed by atoms with Crippen molar-refractivity contribution in [3.05, 3.63) is 0 Å². The van der Waals surface area contributed by atoms with Crippen LogP contribution in [0.4, 0.5) is 0 Å². The van der Waals surface area contributed by atoms with E-state index in [2.05, 4.69) is 19.2 Å². The summed E-state index contributed by atoms with van der Waals surface area (Å²) in [6, 6.07) is 0.434. The Morgan fingerprint density at radius 2 is 2.13 bits per heavy atom. The van der Waals surface area contributed by atoms with Gasteiger partial charge in [0, 0.05) is 42.0 Å². The molecule has 0 aromatic carbocycles. The number of hydrogen-bond acceptors (Lipinski definition) is 3. The van der Waals surface area contributed by atoms with E-state index >= 15 is 0 Å². The van der Waals surface area contributed by atoms with Crippen molar-refractivity contribution in [2.75, 3.05) is 31.8 Å². The second kappa shape index (κ2) is 10.6. The Hall–Kier alpha value is 0.0700. The normalized spacial score (nSPS) is 15.1. The first-order valence-electron chi connectivity index (χ1n) is 5.78. The fraction of sp³-hybridized carbons (Fsp3) is 1.00. The monoisotopic (exact) mass is 235 g/mol. The molecule has 4 heteroatoms. The van der Waals surface area contributed by atoms with Gasteiger partial charge in [-0.05, 0) is 19.8 Å². The van der Waals surface area contributed by atoms with E-state index in [1.807, 2.05) is 0 Å². The van der Waals surface area contributed by atoms with Crippen LogP contribution in [0.1, 0.15) is 33.1 Å². The summed E-state index contributed by atoms with van der Waals surface area (Å²) in [5.74, 6) is 0.783. The molecule has 0 bridgehead atoms. The largest absolute Gasteiger partial charge is 0.380 e. The summed E-state index contributed by atoms with van der Waals surface area (Å²) in [5.41, 5.74) is 0. The predicted molar refractivity (Wildman–Crippen MR) is 66.7 cm³/mol. The molecule has 0 heterocycles. The van der Waals surface area contributed by atoms with E-state index < -0.39 is 10.8 Å². The standard InChI is InChI=1S/C11H25NO2S/c1-4-5-8-14-9-7-12-11(2)6-10-15(3)13/h11-12H,4-10H2,1-3H3. The number of hydrogen-bond donors (Lipinski definition) is 1. The molecule has 2 atom stereocenters. The molecule has 0 aliphatic carbocycles. The van der Waals surface area contributed by atoms with Gasteiger partial charge in [0.2, 0.25) is 0 Å². The maximum Gasteiger partial charge on any atom is 0.0590 e. The lowest BCUT2D eigenvalue weighted by atomic mass is 10.2. The molecule has 3 nitrogen and oxygen atoms in total. The Kier molecular flexibility index (Phi) is 10.6. The number of unbranched alkanes of at least 4 members (excludes halogenated alkanes) is 1. The number of rotatable bonds is 10. The zero-order valence-corrected chi connectivity index (χ0v) is 11.1. The van der Waals surface area contributed by atoms with E-state index in [1.165, 1.54) is 6.42 Å². The summed E-state index contributed by atoms with van der Waals surface area (Å²) < 4.78 is 16.3. The van der Waals surface area contributed by atoms with Gasteiger partial charge in [-0.15, -0.1) is 0 Å². The summed E-state index contributed by atoms with van der Waals surface area (Å²) in [5, 5.41) is 3.36. The predicted octanol–water partition coefficient (Wildman–Crippen LogP) is 1.55. The molecule has 15 heavy (non-hydrogen) atoms. The Labute approximate surface area is 96.4 Å². The first kappa shape index (κ1) is 15.1. The molecular weight excluding hydrogens is 210 g/mol. The minimum Gasteiger partial charge on any atom is -0.380 e. The van der Waals surface area contributed by atoms with Gasteiger partial charge in [-0.2, -0.15) is 0 Å². The summed E-state index contributed by atoms with van der Waals surface area (Å²) in [4.78, 5) is 0. The highest BCUT2D eigenvalue weighted by Gasteiger charge is 2.01. The summed E-state index contributed by atoms with van der Waals surface area (Å²) in [6.45, 7) is 6.82. The first-order valence-corrected chi connectivity index (χ1v) is 7.50. The molecule has 0 aliphatic rings. The molecule has 0 amide bonds. The lowest BCUT2D eigenvalue weighted by Crippen LogP contribution is -2.30. The van der Waals surface area contributed by atoms with Crippen molar-refractivity contribution in [1.82, 2.24) is 5.32 Å². The summed E-state index contributed by atoms with van der Waals surface area (Å²) in [6.07, 6.45) is 5.05. The van der Waals surface area contributed by atoms with Gasteiger partial charge in [0.05, 0.1) is 6.61 Å². The van der Waals surface area contributed by atoms with Crippen LogP contribution < -0.4 is 5.32 Å². The van der Waals surface area contributed by atoms with E-state index in [-0.39, 0.29) is 0 Å². The Morgan fingerprint density at radius 1 is 1.40 bits per heavy atom. The van der Waals surface area contributed by atoms with Crippen LogP contribution in [-0.4, -0.2) is 42.0 Å². The van der Waals surface area contributed by atoms with Crippen molar-refractivity contribution >= 4 is 10.8 Å². The molecule has 0 rings (SSSR count). The molecule has 0 aromatic rings. The van der Waals surface area contributed by atoms with Crippen molar-refractivity contribution in [3.63, 3.8) is 0 Å². The van der Waals surface area contributed by atoms with Crippen LogP contribution >= 0.6 is 0 Å². The van der Waals surface area contributed by atoms with E-state index in [9.17, 15) is 4.21 Å². The smallest absolute Gasteiger partial charge is 0.0590 e. The second-order valence-electron chi connectivity index (χ2n) is 3.89. The maximum absolute atomic E-state index is 10.9. The molecule has 0 fully saturated rings. The van der Waals surface area contributed by atoms with Crippen molar-refractivity contribution < 1.29 is 8.95 Å². The third-order valence-electron chi connectivity index (χ3n) is 2.22. The fourth-order valence-electron chi connectivity index (χ4n) is 1.17. The van der Waals surface area contributed by atoms with Crippen LogP contribution in [0.15, 0.2) is 0 Å². The van der Waals surface area contributed by atoms with Crippen LogP contribution in [-0.2, 0) is 15.5 Å². The molecule has 0 aliphatic heterocycles. The van der Waals surface area contributed by atoms with Gasteiger partial charge in [-0.3, -0.25) is 4.21 Å². The van der Waals surface area contributed by atoms with Gasteiger partial charge in [0.25, 0.3) is 0 Å². The van der Waals surface area contributed by atoms with E-state index in [0.29, 0.717) is 6.04 Å². The van der Waals surface area contributed by atoms with Crippen molar-refractivity contribution in [3.8, 4) is 0 Å². The van der Waals surface area contributed by atoms with Gasteiger partial charge in [0.15, 0.2) is 0 Å². The molecule has 92 valence electrons. The van der Waals surface area contributed by atoms with E-state index in [0.717, 1.165) is 38.4 Å². The van der Waals surface area contributed by atoms with Gasteiger partial charge in [0.1, 0.15) is 0 Å². The summed E-state index contributed by atoms with van der Waals surface area (Å²) in [7, 11) is -0.669. The Balaban J connectivity index is 3.16. The average molecular weight is 235 g/mol. The summed E-state index contributed by atoms with van der Waals surface area (Å²) >= 11 is 0. The highest BCUT2D eigenvalue weighted by Crippen LogP contribution is 1.92. The minimum atomic E-state index is -0.669. The molecule has 0 aromatic heterocycles. The third kappa shape index (κ3) is 12.0. The number of ether oxygens (including phenoxy) is 1. The van der Waals surface area contributed by atoms with Crippen molar-refractivity contribution in [2.45, 2.75) is 39.2 Å².